The van der Waals surface area contributed by atoms with Crippen LogP contribution < -0.4 is 16.0 Å². The summed E-state index contributed by atoms with van der Waals surface area (Å²) in [5.41, 5.74) is 0.481. The molecule has 3 amide bonds. The Balaban J connectivity index is 1.80. The highest BCUT2D eigenvalue weighted by molar-refractivity contribution is 6.00. The Hall–Kier alpha value is -2.83. The average Bonchev–Trinajstić information content (AvgIpc) is 2.64. The van der Waals surface area contributed by atoms with Crippen molar-refractivity contribution < 1.29 is 19.1 Å². The molecule has 158 valence electrons. The Bertz CT molecular complexity index is 747. The summed E-state index contributed by atoms with van der Waals surface area (Å²) >= 11 is 0. The molecule has 0 aliphatic heterocycles. The second-order valence-corrected chi connectivity index (χ2v) is 8.23. The number of hydrogen-bond acceptors (Lipinski definition) is 4. The van der Waals surface area contributed by atoms with Gasteiger partial charge in [0.15, 0.2) is 0 Å². The Morgan fingerprint density at radius 3 is 2.38 bits per heavy atom. The maximum Gasteiger partial charge on any atom is 0.408 e. The van der Waals surface area contributed by atoms with Crippen LogP contribution in [0, 0.1) is 5.92 Å². The lowest BCUT2D eigenvalue weighted by Gasteiger charge is -2.19. The standard InChI is InChI=1S/C22H31N3O4/c1-22(2,3)29-21(28)23-15-20(27)25-18-11-7-10-17(14-18)24-19(26)13-12-16-8-5-4-6-9-16/h7,10-14,16H,4-6,8-9,15H2,1-3H3,(H,23,28)(H,24,26)(H,25,27)/b13-12+. The highest BCUT2D eigenvalue weighted by Crippen LogP contribution is 2.24. The van der Waals surface area contributed by atoms with Crippen molar-refractivity contribution >= 4 is 29.3 Å². The van der Waals surface area contributed by atoms with Crippen LogP contribution in [0.15, 0.2) is 36.4 Å². The van der Waals surface area contributed by atoms with Gasteiger partial charge < -0.3 is 20.7 Å². The lowest BCUT2D eigenvalue weighted by atomic mass is 9.89. The van der Waals surface area contributed by atoms with Crippen LogP contribution in [0.5, 0.6) is 0 Å². The second-order valence-electron chi connectivity index (χ2n) is 8.23. The van der Waals surface area contributed by atoms with Gasteiger partial charge in [0, 0.05) is 11.4 Å². The zero-order valence-corrected chi connectivity index (χ0v) is 17.4. The summed E-state index contributed by atoms with van der Waals surface area (Å²) < 4.78 is 5.08. The first-order valence-electron chi connectivity index (χ1n) is 10.1. The van der Waals surface area contributed by atoms with Gasteiger partial charge in [0.25, 0.3) is 0 Å². The first-order chi connectivity index (χ1) is 13.7. The Kier molecular flexibility index (Phi) is 8.24. The number of rotatable bonds is 6. The van der Waals surface area contributed by atoms with Crippen LogP contribution in [0.4, 0.5) is 16.2 Å². The zero-order valence-electron chi connectivity index (χ0n) is 17.4. The topological polar surface area (TPSA) is 96.5 Å². The predicted molar refractivity (Wildman–Crippen MR) is 114 cm³/mol. The van der Waals surface area contributed by atoms with E-state index in [1.165, 1.54) is 19.3 Å². The number of carbonyl (C=O) groups is 3. The molecule has 7 nitrogen and oxygen atoms in total. The lowest BCUT2D eigenvalue weighted by Crippen LogP contribution is -2.37. The highest BCUT2D eigenvalue weighted by atomic mass is 16.6. The average molecular weight is 402 g/mol. The smallest absolute Gasteiger partial charge is 0.408 e. The molecular formula is C22H31N3O4. The molecule has 3 N–H and O–H groups in total. The molecule has 1 aromatic carbocycles. The molecule has 1 aliphatic carbocycles. The summed E-state index contributed by atoms with van der Waals surface area (Å²) in [5, 5.41) is 7.89. The van der Waals surface area contributed by atoms with Crippen LogP contribution in [-0.2, 0) is 14.3 Å². The number of nitrogens with one attached hydrogen (secondary N) is 3. The first kappa shape index (κ1) is 22.5. The van der Waals surface area contributed by atoms with Crippen LogP contribution in [0.3, 0.4) is 0 Å². The van der Waals surface area contributed by atoms with E-state index in [1.807, 2.05) is 6.08 Å². The van der Waals surface area contributed by atoms with E-state index in [1.54, 1.807) is 51.1 Å². The van der Waals surface area contributed by atoms with E-state index in [-0.39, 0.29) is 12.5 Å². The van der Waals surface area contributed by atoms with Crippen molar-refractivity contribution in [2.24, 2.45) is 5.92 Å². The van der Waals surface area contributed by atoms with E-state index in [4.69, 9.17) is 4.74 Å². The van der Waals surface area contributed by atoms with Gasteiger partial charge in [-0.2, -0.15) is 0 Å². The number of amides is 3. The van der Waals surface area contributed by atoms with Crippen LogP contribution in [-0.4, -0.2) is 30.1 Å². The van der Waals surface area contributed by atoms with Gasteiger partial charge in [0.05, 0.1) is 0 Å². The molecule has 0 heterocycles. The van der Waals surface area contributed by atoms with Crippen LogP contribution in [0.25, 0.3) is 0 Å². The van der Waals surface area contributed by atoms with E-state index >= 15 is 0 Å². The number of ether oxygens (including phenoxy) is 1. The fourth-order valence-corrected chi connectivity index (χ4v) is 3.08. The van der Waals surface area contributed by atoms with Gasteiger partial charge in [0.1, 0.15) is 12.1 Å². The van der Waals surface area contributed by atoms with Crippen LogP contribution in [0.1, 0.15) is 52.9 Å². The van der Waals surface area contributed by atoms with E-state index in [2.05, 4.69) is 16.0 Å². The second kappa shape index (κ2) is 10.6. The van der Waals surface area contributed by atoms with Gasteiger partial charge in [-0.1, -0.05) is 31.4 Å². The molecule has 0 aromatic heterocycles. The van der Waals surface area contributed by atoms with Crippen molar-refractivity contribution in [3.05, 3.63) is 36.4 Å². The molecule has 1 aliphatic rings. The molecule has 7 heteroatoms. The van der Waals surface area contributed by atoms with Crippen molar-refractivity contribution in [3.63, 3.8) is 0 Å². The minimum Gasteiger partial charge on any atom is -0.444 e. The van der Waals surface area contributed by atoms with Crippen molar-refractivity contribution in [1.29, 1.82) is 0 Å². The third-order valence-corrected chi connectivity index (χ3v) is 4.38. The van der Waals surface area contributed by atoms with Crippen molar-refractivity contribution in [1.82, 2.24) is 5.32 Å². The van der Waals surface area contributed by atoms with E-state index in [9.17, 15) is 14.4 Å². The fraction of sp³-hybridized carbons (Fsp3) is 0.500. The lowest BCUT2D eigenvalue weighted by molar-refractivity contribution is -0.115. The highest BCUT2D eigenvalue weighted by Gasteiger charge is 2.16. The molecular weight excluding hydrogens is 370 g/mol. The molecule has 29 heavy (non-hydrogen) atoms. The zero-order chi connectivity index (χ0) is 21.3. The normalized spacial score (nSPS) is 15.0. The van der Waals surface area contributed by atoms with Crippen molar-refractivity contribution in [2.45, 2.75) is 58.5 Å². The quantitative estimate of drug-likeness (QED) is 0.622. The molecule has 0 bridgehead atoms. The number of alkyl carbamates (subject to hydrolysis) is 1. The molecule has 0 radical (unpaired) electrons. The van der Waals surface area contributed by atoms with Gasteiger partial charge in [-0.05, 0) is 63.8 Å². The molecule has 0 atom stereocenters. The largest absolute Gasteiger partial charge is 0.444 e. The van der Waals surface area contributed by atoms with Gasteiger partial charge >= 0.3 is 6.09 Å². The third-order valence-electron chi connectivity index (χ3n) is 4.38. The van der Waals surface area contributed by atoms with Crippen LogP contribution >= 0.6 is 0 Å². The summed E-state index contributed by atoms with van der Waals surface area (Å²) in [5.74, 6) is -0.0974. The maximum absolute atomic E-state index is 12.1. The summed E-state index contributed by atoms with van der Waals surface area (Å²) in [6.45, 7) is 5.03. The van der Waals surface area contributed by atoms with Crippen molar-refractivity contribution in [3.8, 4) is 0 Å². The summed E-state index contributed by atoms with van der Waals surface area (Å²) in [6.07, 6.45) is 8.93. The van der Waals surface area contributed by atoms with Gasteiger partial charge in [0.2, 0.25) is 11.8 Å². The van der Waals surface area contributed by atoms with Crippen molar-refractivity contribution in [2.75, 3.05) is 17.2 Å². The molecule has 0 spiro atoms. The molecule has 2 rings (SSSR count). The number of carbonyl (C=O) groups excluding carboxylic acids is 3. The SMILES string of the molecule is CC(C)(C)OC(=O)NCC(=O)Nc1cccc(NC(=O)/C=C/C2CCCCC2)c1. The van der Waals surface area contributed by atoms with Gasteiger partial charge in [-0.15, -0.1) is 0 Å². The minimum atomic E-state index is -0.654. The molecule has 1 aromatic rings. The Labute approximate surface area is 172 Å². The maximum atomic E-state index is 12.1. The monoisotopic (exact) mass is 401 g/mol. The number of benzene rings is 1. The predicted octanol–water partition coefficient (Wildman–Crippen LogP) is 4.22. The van der Waals surface area contributed by atoms with E-state index in [0.29, 0.717) is 17.3 Å². The fourth-order valence-electron chi connectivity index (χ4n) is 3.08. The van der Waals surface area contributed by atoms with E-state index < -0.39 is 17.6 Å². The molecule has 0 saturated heterocycles. The van der Waals surface area contributed by atoms with Gasteiger partial charge in [-0.25, -0.2) is 4.79 Å². The van der Waals surface area contributed by atoms with Crippen LogP contribution in [0.2, 0.25) is 0 Å². The number of allylic oxidation sites excluding steroid dienone is 1. The minimum absolute atomic E-state index is 0.189. The summed E-state index contributed by atoms with van der Waals surface area (Å²) in [6, 6.07) is 6.86. The van der Waals surface area contributed by atoms with E-state index in [0.717, 1.165) is 12.8 Å². The summed E-state index contributed by atoms with van der Waals surface area (Å²) in [7, 11) is 0. The third kappa shape index (κ3) is 9.27. The molecule has 0 unspecified atom stereocenters. The Morgan fingerprint density at radius 1 is 1.07 bits per heavy atom. The summed E-state index contributed by atoms with van der Waals surface area (Å²) in [4.78, 5) is 35.7. The number of anilines is 2. The molecule has 1 fully saturated rings. The Morgan fingerprint density at radius 2 is 1.72 bits per heavy atom. The number of hydrogen-bond donors (Lipinski definition) is 3. The molecule has 1 saturated carbocycles. The van der Waals surface area contributed by atoms with Gasteiger partial charge in [-0.3, -0.25) is 9.59 Å². The first-order valence-corrected chi connectivity index (χ1v) is 10.1.